The van der Waals surface area contributed by atoms with Crippen molar-refractivity contribution in [1.29, 1.82) is 0 Å². The predicted molar refractivity (Wildman–Crippen MR) is 64.6 cm³/mol. The molecule has 100 valence electrons. The molecule has 0 heterocycles. The molecule has 1 aromatic rings. The van der Waals surface area contributed by atoms with Crippen molar-refractivity contribution in [3.05, 3.63) is 29.2 Å². The summed E-state index contributed by atoms with van der Waals surface area (Å²) in [6, 6.07) is 3.03. The molecule has 0 aromatic heterocycles. The van der Waals surface area contributed by atoms with Gasteiger partial charge in [-0.2, -0.15) is 0 Å². The van der Waals surface area contributed by atoms with Crippen LogP contribution in [0.1, 0.15) is 5.56 Å². The van der Waals surface area contributed by atoms with Crippen LogP contribution in [0.3, 0.4) is 0 Å². The van der Waals surface area contributed by atoms with Crippen molar-refractivity contribution in [1.82, 2.24) is 0 Å². The Morgan fingerprint density at radius 3 is 2.28 bits per heavy atom. The molecule has 0 radical (unpaired) electrons. The second-order valence-corrected chi connectivity index (χ2v) is 7.20. The molecular formula is C8H5ClO6S3-2. The summed E-state index contributed by atoms with van der Waals surface area (Å²) in [4.78, 5) is -0.560. The third-order valence-corrected chi connectivity index (χ3v) is 4.19. The van der Waals surface area contributed by atoms with Gasteiger partial charge in [0.05, 0.1) is 4.90 Å². The first-order valence-electron chi connectivity index (χ1n) is 4.16. The summed E-state index contributed by atoms with van der Waals surface area (Å²) in [5, 5.41) is 0.679. The van der Waals surface area contributed by atoms with Crippen LogP contribution in [-0.2, 0) is 31.2 Å². The van der Waals surface area contributed by atoms with Crippen LogP contribution >= 0.6 is 10.7 Å². The van der Waals surface area contributed by atoms with Crippen molar-refractivity contribution in [3.8, 4) is 0 Å². The minimum absolute atomic E-state index is 0.129. The molecule has 0 saturated carbocycles. The van der Waals surface area contributed by atoms with E-state index < -0.39 is 31.2 Å². The largest absolute Gasteiger partial charge is 0.769 e. The zero-order valence-electron chi connectivity index (χ0n) is 8.44. The third-order valence-electron chi connectivity index (χ3n) is 1.80. The Kier molecular flexibility index (Phi) is 5.20. The number of hydrogen-bond acceptors (Lipinski definition) is 6. The van der Waals surface area contributed by atoms with Gasteiger partial charge >= 0.3 is 0 Å². The first-order chi connectivity index (χ1) is 8.21. The molecule has 1 rings (SSSR count). The van der Waals surface area contributed by atoms with Crippen molar-refractivity contribution < 1.29 is 25.9 Å². The van der Waals surface area contributed by atoms with Gasteiger partial charge in [-0.15, -0.1) is 0 Å². The van der Waals surface area contributed by atoms with E-state index in [2.05, 4.69) is 0 Å². The van der Waals surface area contributed by atoms with Crippen LogP contribution in [-0.4, -0.2) is 25.9 Å². The van der Waals surface area contributed by atoms with Crippen molar-refractivity contribution in [2.75, 3.05) is 0 Å². The van der Waals surface area contributed by atoms with Gasteiger partial charge in [-0.3, -0.25) is 8.42 Å². The molecular weight excluding hydrogens is 324 g/mol. The molecule has 2 atom stereocenters. The van der Waals surface area contributed by atoms with E-state index in [4.69, 9.17) is 10.7 Å². The Labute approximate surface area is 113 Å². The van der Waals surface area contributed by atoms with Crippen LogP contribution in [0.15, 0.2) is 33.4 Å². The van der Waals surface area contributed by atoms with E-state index in [0.717, 1.165) is 24.3 Å². The Bertz CT molecular complexity index is 636. The zero-order valence-corrected chi connectivity index (χ0v) is 11.6. The second-order valence-electron chi connectivity index (χ2n) is 2.94. The molecule has 0 bridgehead atoms. The Balaban J connectivity index is 3.45. The average Bonchev–Trinajstić information content (AvgIpc) is 2.24. The monoisotopic (exact) mass is 328 g/mol. The lowest BCUT2D eigenvalue weighted by molar-refractivity contribution is 0.536. The molecule has 0 fully saturated rings. The fourth-order valence-electron chi connectivity index (χ4n) is 1.11. The minimum Gasteiger partial charge on any atom is -0.769 e. The van der Waals surface area contributed by atoms with Crippen LogP contribution in [0.2, 0.25) is 0 Å². The number of hydrogen-bond donors (Lipinski definition) is 0. The Morgan fingerprint density at radius 1 is 1.22 bits per heavy atom. The molecule has 1 aromatic carbocycles. The van der Waals surface area contributed by atoms with Gasteiger partial charge in [0.15, 0.2) is 0 Å². The van der Waals surface area contributed by atoms with E-state index in [9.17, 15) is 25.9 Å². The second kappa shape index (κ2) is 6.04. The fraction of sp³-hybridized carbons (Fsp3) is 0. The van der Waals surface area contributed by atoms with Gasteiger partial charge in [-0.05, 0) is 57.4 Å². The molecule has 0 aliphatic carbocycles. The van der Waals surface area contributed by atoms with Crippen LogP contribution in [0.4, 0.5) is 0 Å². The van der Waals surface area contributed by atoms with Gasteiger partial charge < -0.3 is 9.11 Å². The summed E-state index contributed by atoms with van der Waals surface area (Å²) < 4.78 is 64.6. The van der Waals surface area contributed by atoms with E-state index in [0.29, 0.717) is 5.41 Å². The highest BCUT2D eigenvalue weighted by Crippen LogP contribution is 2.23. The highest BCUT2D eigenvalue weighted by Gasteiger charge is 2.14. The van der Waals surface area contributed by atoms with Crippen molar-refractivity contribution in [3.63, 3.8) is 0 Å². The lowest BCUT2D eigenvalue weighted by Crippen LogP contribution is -1.97. The smallest absolute Gasteiger partial charge is 0.261 e. The molecule has 6 nitrogen and oxygen atoms in total. The van der Waals surface area contributed by atoms with E-state index in [1.165, 1.54) is 0 Å². The molecule has 0 saturated heterocycles. The first kappa shape index (κ1) is 15.5. The van der Waals surface area contributed by atoms with E-state index in [1.54, 1.807) is 0 Å². The van der Waals surface area contributed by atoms with Gasteiger partial charge in [0.1, 0.15) is 0 Å². The summed E-state index contributed by atoms with van der Waals surface area (Å²) in [6.07, 6.45) is 0.939. The summed E-state index contributed by atoms with van der Waals surface area (Å²) in [5.74, 6) is 0. The lowest BCUT2D eigenvalue weighted by Gasteiger charge is -2.09. The SMILES string of the molecule is O=S([O-])C=Cc1cc(S(=O)[O-])ccc1S(=O)(=O)Cl. The molecule has 0 spiro atoms. The van der Waals surface area contributed by atoms with E-state index in [1.807, 2.05) is 0 Å². The molecule has 18 heavy (non-hydrogen) atoms. The van der Waals surface area contributed by atoms with Crippen LogP contribution in [0.5, 0.6) is 0 Å². The molecule has 2 unspecified atom stereocenters. The van der Waals surface area contributed by atoms with E-state index in [-0.39, 0.29) is 15.4 Å². The molecule has 0 aliphatic heterocycles. The van der Waals surface area contributed by atoms with Gasteiger partial charge in [-0.25, -0.2) is 8.42 Å². The van der Waals surface area contributed by atoms with Crippen LogP contribution < -0.4 is 0 Å². The first-order valence-corrected chi connectivity index (χ1v) is 8.68. The summed E-state index contributed by atoms with van der Waals surface area (Å²) >= 11 is -5.11. The standard InChI is InChI=1S/C8H7ClO6S3/c9-18(14,15)8-2-1-7(17(12)13)5-6(8)3-4-16(10)11/h1-5H,(H,10,11)(H,12,13)/p-2. The van der Waals surface area contributed by atoms with Gasteiger partial charge in [0.2, 0.25) is 0 Å². The van der Waals surface area contributed by atoms with Gasteiger partial charge in [0.25, 0.3) is 9.05 Å². The number of halogens is 1. The molecule has 0 N–H and O–H groups in total. The summed E-state index contributed by atoms with van der Waals surface area (Å²) in [5.41, 5.74) is -0.129. The lowest BCUT2D eigenvalue weighted by atomic mass is 10.2. The topological polar surface area (TPSA) is 114 Å². The van der Waals surface area contributed by atoms with Crippen molar-refractivity contribution >= 4 is 48.0 Å². The maximum absolute atomic E-state index is 11.2. The predicted octanol–water partition coefficient (Wildman–Crippen LogP) is 0.702. The third kappa shape index (κ3) is 4.26. The number of rotatable bonds is 4. The quantitative estimate of drug-likeness (QED) is 0.593. The van der Waals surface area contributed by atoms with Gasteiger partial charge in [-0.1, -0.05) is 0 Å². The van der Waals surface area contributed by atoms with E-state index >= 15 is 0 Å². The summed E-state index contributed by atoms with van der Waals surface area (Å²) in [6.45, 7) is 0. The molecule has 0 aliphatic rings. The van der Waals surface area contributed by atoms with Crippen molar-refractivity contribution in [2.45, 2.75) is 9.79 Å². The van der Waals surface area contributed by atoms with Crippen LogP contribution in [0, 0.1) is 0 Å². The fourth-order valence-corrected chi connectivity index (χ4v) is 2.83. The average molecular weight is 329 g/mol. The zero-order chi connectivity index (χ0) is 13.9. The summed E-state index contributed by atoms with van der Waals surface area (Å²) in [7, 11) is 1.04. The molecule has 10 heteroatoms. The minimum atomic E-state index is -4.10. The number of benzene rings is 1. The Hall–Kier alpha value is -0.580. The highest BCUT2D eigenvalue weighted by molar-refractivity contribution is 8.13. The maximum atomic E-state index is 11.2. The highest BCUT2D eigenvalue weighted by atomic mass is 35.7. The van der Waals surface area contributed by atoms with Crippen LogP contribution in [0.25, 0.3) is 6.08 Å². The normalized spacial score (nSPS) is 15.7. The maximum Gasteiger partial charge on any atom is 0.261 e. The molecule has 0 amide bonds. The Morgan fingerprint density at radius 2 is 1.83 bits per heavy atom. The van der Waals surface area contributed by atoms with Crippen molar-refractivity contribution in [2.24, 2.45) is 0 Å². The van der Waals surface area contributed by atoms with Gasteiger partial charge in [0, 0.05) is 15.6 Å².